The molecule has 1 saturated heterocycles. The minimum atomic E-state index is -3.82. The highest BCUT2D eigenvalue weighted by atomic mass is 35.5. The van der Waals surface area contributed by atoms with E-state index in [2.05, 4.69) is 15.6 Å². The van der Waals surface area contributed by atoms with E-state index in [1.54, 1.807) is 18.3 Å². The zero-order valence-corrected chi connectivity index (χ0v) is 30.5. The van der Waals surface area contributed by atoms with E-state index in [0.29, 0.717) is 36.5 Å². The molecule has 3 aliphatic carbocycles. The number of halogens is 1. The first-order valence-corrected chi connectivity index (χ1v) is 19.7. The Morgan fingerprint density at radius 3 is 2.42 bits per heavy atom. The summed E-state index contributed by atoms with van der Waals surface area (Å²) in [5.41, 5.74) is 2.64. The van der Waals surface area contributed by atoms with Crippen LogP contribution in [0.1, 0.15) is 49.7 Å². The number of carbonyl (C=O) groups is 1. The SMILES string of the molecule is O=C(NCC(O)C(O)C(O)C(O)CO)NC1CC2(C1)CN(S(=O)(=O)c1ccc(Cl)c(COC3(c4cnccc4-c4ccccc4OC4CC4)CC3)c1)C2. The molecule has 0 bridgehead atoms. The lowest BCUT2D eigenvalue weighted by molar-refractivity contribution is -0.113. The first kappa shape index (κ1) is 37.9. The minimum absolute atomic E-state index is 0.108. The lowest BCUT2D eigenvalue weighted by atomic mass is 9.61. The van der Waals surface area contributed by atoms with Crippen LogP contribution in [-0.4, -0.2) is 112 Å². The summed E-state index contributed by atoms with van der Waals surface area (Å²) in [4.78, 5) is 16.9. The van der Waals surface area contributed by atoms with Crippen molar-refractivity contribution in [3.63, 3.8) is 0 Å². The van der Waals surface area contributed by atoms with Crippen molar-refractivity contribution in [1.29, 1.82) is 0 Å². The van der Waals surface area contributed by atoms with E-state index in [9.17, 15) is 33.6 Å². The van der Waals surface area contributed by atoms with Gasteiger partial charge in [0, 0.05) is 59.6 Å². The molecule has 7 N–H and O–H groups in total. The Balaban J connectivity index is 0.927. The minimum Gasteiger partial charge on any atom is -0.490 e. The van der Waals surface area contributed by atoms with Crippen molar-refractivity contribution >= 4 is 27.7 Å². The fourth-order valence-electron chi connectivity index (χ4n) is 7.28. The van der Waals surface area contributed by atoms with Crippen LogP contribution in [0, 0.1) is 5.41 Å². The van der Waals surface area contributed by atoms with Crippen LogP contribution in [0.5, 0.6) is 5.75 Å². The Labute approximate surface area is 312 Å². The van der Waals surface area contributed by atoms with Crippen molar-refractivity contribution < 1.29 is 48.2 Å². The van der Waals surface area contributed by atoms with E-state index in [0.717, 1.165) is 48.1 Å². The highest BCUT2D eigenvalue weighted by molar-refractivity contribution is 7.89. The molecule has 1 spiro atoms. The number of urea groups is 1. The van der Waals surface area contributed by atoms with E-state index >= 15 is 0 Å². The largest absolute Gasteiger partial charge is 0.490 e. The number of benzene rings is 2. The highest BCUT2D eigenvalue weighted by Crippen LogP contribution is 2.54. The van der Waals surface area contributed by atoms with E-state index in [1.807, 2.05) is 36.5 Å². The predicted octanol–water partition coefficient (Wildman–Crippen LogP) is 2.04. The summed E-state index contributed by atoms with van der Waals surface area (Å²) < 4.78 is 41.5. The van der Waals surface area contributed by atoms with Gasteiger partial charge in [0.2, 0.25) is 10.0 Å². The second-order valence-corrected chi connectivity index (χ2v) is 17.1. The molecule has 3 aromatic rings. The summed E-state index contributed by atoms with van der Waals surface area (Å²) in [5, 5.41) is 53.6. The van der Waals surface area contributed by atoms with Crippen LogP contribution in [0.2, 0.25) is 5.02 Å². The number of hydrogen-bond donors (Lipinski definition) is 7. The maximum Gasteiger partial charge on any atom is 0.315 e. The first-order valence-electron chi connectivity index (χ1n) is 17.8. The van der Waals surface area contributed by atoms with Gasteiger partial charge in [-0.3, -0.25) is 4.98 Å². The molecule has 0 radical (unpaired) electrons. The zero-order valence-electron chi connectivity index (χ0n) is 29.0. The quantitative estimate of drug-likeness (QED) is 0.112. The van der Waals surface area contributed by atoms with E-state index in [4.69, 9.17) is 26.2 Å². The zero-order chi connectivity index (χ0) is 37.5. The predicted molar refractivity (Wildman–Crippen MR) is 192 cm³/mol. The van der Waals surface area contributed by atoms with Crippen molar-refractivity contribution in [3.05, 3.63) is 77.1 Å². The number of nitrogens with zero attached hydrogens (tertiary/aromatic N) is 2. The molecule has 4 fully saturated rings. The summed E-state index contributed by atoms with van der Waals surface area (Å²) in [5.74, 6) is 0.829. The van der Waals surface area contributed by atoms with Crippen LogP contribution in [-0.2, 0) is 27.0 Å². The second-order valence-electron chi connectivity index (χ2n) is 14.8. The van der Waals surface area contributed by atoms with Gasteiger partial charge in [-0.15, -0.1) is 0 Å². The van der Waals surface area contributed by atoms with Crippen molar-refractivity contribution in [2.45, 2.75) is 92.2 Å². The number of aliphatic hydroxyl groups is 5. The molecule has 4 aliphatic rings. The van der Waals surface area contributed by atoms with Gasteiger partial charge >= 0.3 is 6.03 Å². The molecule has 4 atom stereocenters. The number of ether oxygens (including phenoxy) is 2. The number of amides is 2. The number of carbonyl (C=O) groups excluding carboxylic acids is 1. The Hall–Kier alpha value is -3.38. The van der Waals surface area contributed by atoms with Crippen molar-refractivity contribution in [3.8, 4) is 16.9 Å². The number of aromatic nitrogens is 1. The van der Waals surface area contributed by atoms with Crippen LogP contribution in [0.3, 0.4) is 0 Å². The Morgan fingerprint density at radius 2 is 1.72 bits per heavy atom. The summed E-state index contributed by atoms with van der Waals surface area (Å²) >= 11 is 6.58. The van der Waals surface area contributed by atoms with Crippen LogP contribution < -0.4 is 15.4 Å². The Morgan fingerprint density at radius 1 is 1.00 bits per heavy atom. The number of rotatable bonds is 16. The van der Waals surface area contributed by atoms with Gasteiger partial charge in [-0.05, 0) is 80.0 Å². The van der Waals surface area contributed by atoms with Crippen LogP contribution in [0.4, 0.5) is 4.79 Å². The van der Waals surface area contributed by atoms with Gasteiger partial charge in [0.25, 0.3) is 0 Å². The van der Waals surface area contributed by atoms with Gasteiger partial charge in [0.15, 0.2) is 0 Å². The van der Waals surface area contributed by atoms with E-state index < -0.39 is 59.2 Å². The van der Waals surface area contributed by atoms with Gasteiger partial charge in [-0.25, -0.2) is 13.2 Å². The summed E-state index contributed by atoms with van der Waals surface area (Å²) in [6.45, 7) is -0.497. The van der Waals surface area contributed by atoms with Gasteiger partial charge < -0.3 is 45.6 Å². The van der Waals surface area contributed by atoms with E-state index in [-0.39, 0.29) is 29.1 Å². The van der Waals surface area contributed by atoms with Gasteiger partial charge in [-0.2, -0.15) is 4.31 Å². The molecule has 2 amide bonds. The van der Waals surface area contributed by atoms with Crippen molar-refractivity contribution in [2.75, 3.05) is 26.2 Å². The summed E-state index contributed by atoms with van der Waals surface area (Å²) in [6, 6.07) is 13.8. The molecule has 1 aromatic heterocycles. The molecule has 1 aliphatic heterocycles. The molecule has 4 unspecified atom stereocenters. The average Bonchev–Trinajstić information content (AvgIpc) is 4.07. The topological polar surface area (TPSA) is 211 Å². The molecule has 7 rings (SSSR count). The molecule has 2 heterocycles. The third-order valence-electron chi connectivity index (χ3n) is 10.7. The van der Waals surface area contributed by atoms with Gasteiger partial charge in [0.05, 0.1) is 35.9 Å². The monoisotopic (exact) mass is 772 g/mol. The molecule has 3 saturated carbocycles. The lowest BCUT2D eigenvalue weighted by Gasteiger charge is -2.58. The molecule has 286 valence electrons. The average molecular weight is 773 g/mol. The summed E-state index contributed by atoms with van der Waals surface area (Å²) in [6.07, 6.45) is 1.83. The fourth-order valence-corrected chi connectivity index (χ4v) is 9.17. The van der Waals surface area contributed by atoms with Crippen molar-refractivity contribution in [1.82, 2.24) is 19.9 Å². The standard InChI is InChI=1S/C37H45ClN4O10S/c38-29-8-7-25(53(49,50)42-20-36(21-42)14-23(15-36)41-35(48)40-17-30(44)33(46)34(47)31(45)18-43)13-22(29)19-51-37(10-11-37)28-16-39-12-9-26(28)27-3-1-2-4-32(27)52-24-5-6-24/h1-4,7-9,12-13,16,23-24,30-31,33-34,43-47H,5-6,10-11,14-15,17-21H2,(H2,40,41,48). The summed E-state index contributed by atoms with van der Waals surface area (Å²) in [7, 11) is -3.82. The molecule has 16 heteroatoms. The number of nitrogens with one attached hydrogen (secondary N) is 2. The lowest BCUT2D eigenvalue weighted by Crippen LogP contribution is -2.67. The third kappa shape index (κ3) is 8.04. The number of sulfonamides is 1. The highest BCUT2D eigenvalue weighted by Gasteiger charge is 2.56. The van der Waals surface area contributed by atoms with Crippen molar-refractivity contribution in [2.24, 2.45) is 5.41 Å². The van der Waals surface area contributed by atoms with Crippen LogP contribution in [0.25, 0.3) is 11.1 Å². The number of aliphatic hydroxyl groups excluding tert-OH is 5. The molecule has 14 nitrogen and oxygen atoms in total. The van der Waals surface area contributed by atoms with Gasteiger partial charge in [-0.1, -0.05) is 29.8 Å². The Kier molecular flexibility index (Phi) is 10.8. The maximum absolute atomic E-state index is 13.7. The first-order chi connectivity index (χ1) is 25.3. The smallest absolute Gasteiger partial charge is 0.315 e. The third-order valence-corrected chi connectivity index (χ3v) is 12.8. The maximum atomic E-state index is 13.7. The molecular weight excluding hydrogens is 728 g/mol. The molecule has 53 heavy (non-hydrogen) atoms. The molecular formula is C37H45ClN4O10S. The van der Waals surface area contributed by atoms with E-state index in [1.165, 1.54) is 10.4 Å². The molecule has 2 aromatic carbocycles. The normalized spacial score (nSPS) is 21.5. The number of hydrogen-bond acceptors (Lipinski definition) is 11. The van der Waals surface area contributed by atoms with Gasteiger partial charge in [0.1, 0.15) is 24.1 Å². The van der Waals surface area contributed by atoms with Crippen LogP contribution in [0.15, 0.2) is 65.8 Å². The van der Waals surface area contributed by atoms with Crippen LogP contribution >= 0.6 is 11.6 Å². The fraction of sp³-hybridized carbons (Fsp3) is 0.514. The number of para-hydroxylation sites is 1. The second kappa shape index (κ2) is 15.0. The Bertz CT molecular complexity index is 1910. The number of pyridine rings is 1.